The van der Waals surface area contributed by atoms with E-state index in [4.69, 9.17) is 16.3 Å². The molecule has 0 fully saturated rings. The van der Waals surface area contributed by atoms with E-state index in [0.717, 1.165) is 11.1 Å². The summed E-state index contributed by atoms with van der Waals surface area (Å²) in [4.78, 5) is 18.7. The average molecular weight is 437 g/mol. The van der Waals surface area contributed by atoms with Gasteiger partial charge < -0.3 is 9.64 Å². The van der Waals surface area contributed by atoms with E-state index in [2.05, 4.69) is 11.6 Å². The molecule has 0 saturated carbocycles. The van der Waals surface area contributed by atoms with Crippen LogP contribution in [0, 0.1) is 5.82 Å². The highest BCUT2D eigenvalue weighted by Crippen LogP contribution is 2.17. The number of ether oxygens (including phenoxy) is 1. The molecule has 0 aliphatic carbocycles. The second-order valence-corrected chi connectivity index (χ2v) is 7.43. The van der Waals surface area contributed by atoms with Crippen LogP contribution in [0.15, 0.2) is 90.7 Å². The Bertz CT molecular complexity index is 1050. The maximum atomic E-state index is 13.4. The van der Waals surface area contributed by atoms with Crippen molar-refractivity contribution < 1.29 is 13.9 Å². The smallest absolute Gasteiger partial charge is 0.247 e. The van der Waals surface area contributed by atoms with Crippen molar-refractivity contribution >= 4 is 23.6 Å². The van der Waals surface area contributed by atoms with Crippen LogP contribution in [0.2, 0.25) is 0 Å². The van der Waals surface area contributed by atoms with Crippen LogP contribution in [0.4, 0.5) is 4.39 Å². The largest absolute Gasteiger partial charge is 0.488 e. The first-order valence-corrected chi connectivity index (χ1v) is 10.0. The molecular formula is C25H22ClFN2O2. The average Bonchev–Trinajstić information content (AvgIpc) is 2.77. The van der Waals surface area contributed by atoms with Crippen molar-refractivity contribution in [1.82, 2.24) is 9.88 Å². The van der Waals surface area contributed by atoms with Crippen LogP contribution in [-0.2, 0) is 17.9 Å². The number of halogens is 2. The molecule has 3 rings (SSSR count). The fraction of sp³-hybridized carbons (Fsp3) is 0.120. The maximum Gasteiger partial charge on any atom is 0.247 e. The summed E-state index contributed by atoms with van der Waals surface area (Å²) in [6, 6.07) is 17.3. The number of aromatic nitrogens is 1. The molecule has 1 aromatic heterocycles. The summed E-state index contributed by atoms with van der Waals surface area (Å²) in [5.74, 6) is 0.135. The lowest BCUT2D eigenvalue weighted by molar-refractivity contribution is -0.127. The summed E-state index contributed by atoms with van der Waals surface area (Å²) in [7, 11) is 0. The number of hydrogen-bond acceptors (Lipinski definition) is 3. The lowest BCUT2D eigenvalue weighted by Gasteiger charge is -2.21. The minimum atomic E-state index is -0.345. The molecule has 0 atom stereocenters. The van der Waals surface area contributed by atoms with Gasteiger partial charge in [0.15, 0.2) is 0 Å². The van der Waals surface area contributed by atoms with Gasteiger partial charge in [0.1, 0.15) is 18.2 Å². The van der Waals surface area contributed by atoms with Crippen LogP contribution in [0.1, 0.15) is 16.7 Å². The van der Waals surface area contributed by atoms with Gasteiger partial charge in [0.25, 0.3) is 0 Å². The SMILES string of the molecule is C=C(Cl)COc1ccc(CN(Cc2cccnc2)C(=O)/C=C/c2cccc(F)c2)cc1. The first-order chi connectivity index (χ1) is 15.0. The Labute approximate surface area is 186 Å². The second kappa shape index (κ2) is 11.1. The van der Waals surface area contributed by atoms with Crippen molar-refractivity contribution in [3.8, 4) is 5.75 Å². The van der Waals surface area contributed by atoms with Crippen molar-refractivity contribution in [2.45, 2.75) is 13.1 Å². The molecule has 0 spiro atoms. The fourth-order valence-electron chi connectivity index (χ4n) is 2.88. The first-order valence-electron chi connectivity index (χ1n) is 9.66. The number of pyridine rings is 1. The predicted molar refractivity (Wildman–Crippen MR) is 121 cm³/mol. The molecule has 31 heavy (non-hydrogen) atoms. The number of carbonyl (C=O) groups is 1. The zero-order chi connectivity index (χ0) is 22.1. The number of carbonyl (C=O) groups excluding carboxylic acids is 1. The fourth-order valence-corrected chi connectivity index (χ4v) is 2.93. The molecule has 2 aromatic carbocycles. The Hall–Kier alpha value is -3.44. The molecule has 158 valence electrons. The molecular weight excluding hydrogens is 415 g/mol. The number of benzene rings is 2. The van der Waals surface area contributed by atoms with Gasteiger partial charge in [0, 0.05) is 36.6 Å². The monoisotopic (exact) mass is 436 g/mol. The molecule has 4 nitrogen and oxygen atoms in total. The van der Waals surface area contributed by atoms with Crippen molar-refractivity contribution in [3.05, 3.63) is 113 Å². The van der Waals surface area contributed by atoms with Crippen molar-refractivity contribution in [1.29, 1.82) is 0 Å². The van der Waals surface area contributed by atoms with Crippen LogP contribution in [0.3, 0.4) is 0 Å². The van der Waals surface area contributed by atoms with Gasteiger partial charge in [-0.2, -0.15) is 0 Å². The Balaban J connectivity index is 1.74. The van der Waals surface area contributed by atoms with Crippen LogP contribution in [0.25, 0.3) is 6.08 Å². The molecule has 0 unspecified atom stereocenters. The third-order valence-corrected chi connectivity index (χ3v) is 4.48. The summed E-state index contributed by atoms with van der Waals surface area (Å²) in [6.45, 7) is 4.61. The Morgan fingerprint density at radius 2 is 1.87 bits per heavy atom. The highest BCUT2D eigenvalue weighted by molar-refractivity contribution is 6.29. The summed E-state index contributed by atoms with van der Waals surface area (Å²) < 4.78 is 18.9. The number of amides is 1. The Kier molecular flexibility index (Phi) is 7.96. The van der Waals surface area contributed by atoms with Crippen LogP contribution >= 0.6 is 11.6 Å². The predicted octanol–water partition coefficient (Wildman–Crippen LogP) is 5.59. The molecule has 0 bridgehead atoms. The molecule has 1 heterocycles. The zero-order valence-corrected chi connectivity index (χ0v) is 17.6. The zero-order valence-electron chi connectivity index (χ0n) is 16.9. The van der Waals surface area contributed by atoms with Crippen molar-refractivity contribution in [2.75, 3.05) is 6.61 Å². The topological polar surface area (TPSA) is 42.4 Å². The normalized spacial score (nSPS) is 10.8. The molecule has 3 aromatic rings. The number of hydrogen-bond donors (Lipinski definition) is 0. The third-order valence-electron chi connectivity index (χ3n) is 4.37. The first kappa shape index (κ1) is 22.2. The van der Waals surface area contributed by atoms with Gasteiger partial charge >= 0.3 is 0 Å². The van der Waals surface area contributed by atoms with Crippen molar-refractivity contribution in [2.24, 2.45) is 0 Å². The van der Waals surface area contributed by atoms with E-state index in [1.54, 1.807) is 35.5 Å². The van der Waals surface area contributed by atoms with E-state index in [9.17, 15) is 9.18 Å². The van der Waals surface area contributed by atoms with E-state index in [-0.39, 0.29) is 18.3 Å². The summed E-state index contributed by atoms with van der Waals surface area (Å²) in [5.41, 5.74) is 2.47. The molecule has 1 amide bonds. The lowest BCUT2D eigenvalue weighted by Crippen LogP contribution is -2.28. The summed E-state index contributed by atoms with van der Waals surface area (Å²) in [5, 5.41) is 0.419. The Morgan fingerprint density at radius 1 is 1.10 bits per heavy atom. The quantitative estimate of drug-likeness (QED) is 0.410. The number of rotatable bonds is 9. The highest BCUT2D eigenvalue weighted by Gasteiger charge is 2.13. The lowest BCUT2D eigenvalue weighted by atomic mass is 10.1. The van der Waals surface area contributed by atoms with E-state index in [1.165, 1.54) is 18.2 Å². The van der Waals surface area contributed by atoms with Gasteiger partial charge in [-0.15, -0.1) is 0 Å². The van der Waals surface area contributed by atoms with Crippen molar-refractivity contribution in [3.63, 3.8) is 0 Å². The van der Waals surface area contributed by atoms with Gasteiger partial charge in [-0.1, -0.05) is 48.5 Å². The molecule has 0 radical (unpaired) electrons. The molecule has 0 saturated heterocycles. The van der Waals surface area contributed by atoms with Gasteiger partial charge in [-0.05, 0) is 53.1 Å². The second-order valence-electron chi connectivity index (χ2n) is 6.89. The van der Waals surface area contributed by atoms with Gasteiger partial charge in [0.05, 0.1) is 0 Å². The summed E-state index contributed by atoms with van der Waals surface area (Å²) >= 11 is 5.73. The van der Waals surface area contributed by atoms with Crippen LogP contribution < -0.4 is 4.74 Å². The molecule has 6 heteroatoms. The molecule has 0 aliphatic heterocycles. The van der Waals surface area contributed by atoms with E-state index in [1.807, 2.05) is 36.4 Å². The van der Waals surface area contributed by atoms with E-state index in [0.29, 0.717) is 29.4 Å². The van der Waals surface area contributed by atoms with Gasteiger partial charge in [-0.25, -0.2) is 4.39 Å². The molecule has 0 aliphatic rings. The van der Waals surface area contributed by atoms with E-state index < -0.39 is 0 Å². The maximum absolute atomic E-state index is 13.4. The third kappa shape index (κ3) is 7.39. The van der Waals surface area contributed by atoms with Gasteiger partial charge in [-0.3, -0.25) is 9.78 Å². The minimum Gasteiger partial charge on any atom is -0.488 e. The number of nitrogens with zero attached hydrogens (tertiary/aromatic N) is 2. The molecule has 0 N–H and O–H groups in total. The Morgan fingerprint density at radius 3 is 2.55 bits per heavy atom. The summed E-state index contributed by atoms with van der Waals surface area (Å²) in [6.07, 6.45) is 6.48. The van der Waals surface area contributed by atoms with Crippen LogP contribution in [0.5, 0.6) is 5.75 Å². The standard InChI is InChI=1S/C25H22ClFN2O2/c1-19(26)18-31-24-10-7-21(8-11-24)16-29(17-22-5-3-13-28-15-22)25(30)12-9-20-4-2-6-23(27)14-20/h2-15H,1,16-18H2/b12-9+. The van der Waals surface area contributed by atoms with Gasteiger partial charge in [0.2, 0.25) is 5.91 Å². The highest BCUT2D eigenvalue weighted by atomic mass is 35.5. The van der Waals surface area contributed by atoms with Crippen LogP contribution in [-0.4, -0.2) is 22.4 Å². The minimum absolute atomic E-state index is 0.188. The van der Waals surface area contributed by atoms with E-state index >= 15 is 0 Å².